The van der Waals surface area contributed by atoms with Crippen molar-refractivity contribution in [2.24, 2.45) is 0 Å². The van der Waals surface area contributed by atoms with E-state index in [0.717, 1.165) is 11.1 Å². The smallest absolute Gasteiger partial charge is 0.333 e. The topological polar surface area (TPSA) is 94.2 Å². The third-order valence-corrected chi connectivity index (χ3v) is 6.88. The fraction of sp³-hybridized carbons (Fsp3) is 0.320. The predicted molar refractivity (Wildman–Crippen MR) is 127 cm³/mol. The van der Waals surface area contributed by atoms with Gasteiger partial charge in [0, 0.05) is 7.11 Å². The van der Waals surface area contributed by atoms with Crippen LogP contribution >= 0.6 is 11.8 Å². The highest BCUT2D eigenvalue weighted by Gasteiger charge is 2.56. The molecule has 2 aliphatic heterocycles. The molecule has 0 aliphatic carbocycles. The third kappa shape index (κ3) is 5.10. The molecule has 1 N–H and O–H groups in total. The molecule has 2 aromatic rings. The van der Waals surface area contributed by atoms with Gasteiger partial charge in [-0.05, 0) is 34.2 Å². The summed E-state index contributed by atoms with van der Waals surface area (Å²) in [5.41, 5.74) is 2.31. The standard InChI is InChI=1S/C25H26N2O6S/c1-31-14-18-15-34-24-21(26-20(28)12-16-6-4-3-5-7-16)23(29)27(24)22(18)25(30)33-13-17-8-10-19(32-2)11-9-17/h3-11,15,21-22,24H,12-14H2,1-2H3,(H,26,28)/t21-,22?,24-/m1/s1. The maximum absolute atomic E-state index is 13.1. The first-order chi connectivity index (χ1) is 16.5. The molecule has 2 amide bonds. The largest absolute Gasteiger partial charge is 0.497 e. The number of esters is 1. The SMILES string of the molecule is COCC1=CS[C@@H]2[C@H](NC(=O)Cc3ccccc3)C(=O)N2C1C(=O)OCc1ccc(OC)cc1. The van der Waals surface area contributed by atoms with Crippen molar-refractivity contribution in [1.29, 1.82) is 0 Å². The van der Waals surface area contributed by atoms with Gasteiger partial charge in [0.1, 0.15) is 23.8 Å². The van der Waals surface area contributed by atoms with Crippen LogP contribution in [0.2, 0.25) is 0 Å². The quantitative estimate of drug-likeness (QED) is 0.433. The van der Waals surface area contributed by atoms with Crippen molar-refractivity contribution in [3.63, 3.8) is 0 Å². The number of ether oxygens (including phenoxy) is 3. The monoisotopic (exact) mass is 482 g/mol. The number of nitrogens with zero attached hydrogens (tertiary/aromatic N) is 1. The number of fused-ring (bicyclic) bond motifs is 1. The highest BCUT2D eigenvalue weighted by molar-refractivity contribution is 8.02. The summed E-state index contributed by atoms with van der Waals surface area (Å²) in [6.07, 6.45) is 0.181. The van der Waals surface area contributed by atoms with Gasteiger partial charge in [0.25, 0.3) is 0 Å². The number of methoxy groups -OCH3 is 2. The Bertz CT molecular complexity index is 1070. The van der Waals surface area contributed by atoms with Crippen LogP contribution in [-0.2, 0) is 36.9 Å². The second-order valence-electron chi connectivity index (χ2n) is 7.96. The number of hydrogen-bond acceptors (Lipinski definition) is 7. The van der Waals surface area contributed by atoms with Crippen molar-refractivity contribution < 1.29 is 28.6 Å². The highest BCUT2D eigenvalue weighted by Crippen LogP contribution is 2.40. The Kier molecular flexibility index (Phi) is 7.54. The van der Waals surface area contributed by atoms with Crippen LogP contribution < -0.4 is 10.1 Å². The molecule has 4 rings (SSSR count). The second kappa shape index (κ2) is 10.8. The van der Waals surface area contributed by atoms with E-state index < -0.39 is 18.1 Å². The van der Waals surface area contributed by atoms with E-state index in [1.54, 1.807) is 19.2 Å². The number of nitrogens with one attached hydrogen (secondary N) is 1. The Morgan fingerprint density at radius 1 is 1.00 bits per heavy atom. The highest BCUT2D eigenvalue weighted by atomic mass is 32.2. The number of β-lactam (4-membered cyclic amide) rings is 1. The van der Waals surface area contributed by atoms with Gasteiger partial charge < -0.3 is 24.4 Å². The molecule has 9 heteroatoms. The lowest BCUT2D eigenvalue weighted by Crippen LogP contribution is -2.74. The molecule has 2 heterocycles. The molecule has 0 bridgehead atoms. The minimum atomic E-state index is -0.890. The average Bonchev–Trinajstić information content (AvgIpc) is 2.86. The average molecular weight is 483 g/mol. The molecule has 1 fully saturated rings. The Hall–Kier alpha value is -3.30. The zero-order valence-corrected chi connectivity index (χ0v) is 19.7. The van der Waals surface area contributed by atoms with Crippen molar-refractivity contribution in [1.82, 2.24) is 10.2 Å². The van der Waals surface area contributed by atoms with Crippen LogP contribution in [-0.4, -0.2) is 61.0 Å². The number of rotatable bonds is 9. The summed E-state index contributed by atoms with van der Waals surface area (Å²) in [5, 5.41) is 4.26. The van der Waals surface area contributed by atoms with Crippen LogP contribution in [0.15, 0.2) is 65.6 Å². The van der Waals surface area contributed by atoms with Crippen LogP contribution in [0.3, 0.4) is 0 Å². The first kappa shape index (κ1) is 23.8. The van der Waals surface area contributed by atoms with Crippen molar-refractivity contribution >= 4 is 29.5 Å². The van der Waals surface area contributed by atoms with Crippen molar-refractivity contribution in [3.8, 4) is 5.75 Å². The van der Waals surface area contributed by atoms with Gasteiger partial charge in [-0.15, -0.1) is 11.8 Å². The lowest BCUT2D eigenvalue weighted by atomic mass is 9.98. The van der Waals surface area contributed by atoms with Gasteiger partial charge in [-0.1, -0.05) is 42.5 Å². The molecule has 8 nitrogen and oxygen atoms in total. The van der Waals surface area contributed by atoms with E-state index in [9.17, 15) is 14.4 Å². The summed E-state index contributed by atoms with van der Waals surface area (Å²) < 4.78 is 15.9. The fourth-order valence-electron chi connectivity index (χ4n) is 3.94. The fourth-order valence-corrected chi connectivity index (χ4v) is 5.15. The predicted octanol–water partition coefficient (Wildman–Crippen LogP) is 2.28. The van der Waals surface area contributed by atoms with Crippen LogP contribution in [0, 0.1) is 0 Å². The Labute approximate surface area is 202 Å². The first-order valence-corrected chi connectivity index (χ1v) is 11.7. The van der Waals surface area contributed by atoms with Gasteiger partial charge in [0.2, 0.25) is 11.8 Å². The van der Waals surface area contributed by atoms with Gasteiger partial charge in [0.15, 0.2) is 6.04 Å². The normalized spacial score (nSPS) is 21.1. The molecular weight excluding hydrogens is 456 g/mol. The van der Waals surface area contributed by atoms with E-state index in [2.05, 4.69) is 5.32 Å². The van der Waals surface area contributed by atoms with Crippen molar-refractivity contribution in [2.45, 2.75) is 30.5 Å². The van der Waals surface area contributed by atoms with Crippen molar-refractivity contribution in [2.75, 3.05) is 20.8 Å². The summed E-state index contributed by atoms with van der Waals surface area (Å²) in [6, 6.07) is 14.9. The van der Waals surface area contributed by atoms with Crippen LogP contribution in [0.1, 0.15) is 11.1 Å². The molecule has 2 aliphatic rings. The Morgan fingerprint density at radius 2 is 1.74 bits per heavy atom. The van der Waals surface area contributed by atoms with Crippen LogP contribution in [0.5, 0.6) is 5.75 Å². The van der Waals surface area contributed by atoms with E-state index in [4.69, 9.17) is 14.2 Å². The van der Waals surface area contributed by atoms with E-state index in [1.807, 2.05) is 47.9 Å². The molecule has 0 aromatic heterocycles. The zero-order valence-electron chi connectivity index (χ0n) is 18.9. The number of benzene rings is 2. The molecule has 1 unspecified atom stereocenters. The maximum Gasteiger partial charge on any atom is 0.333 e. The zero-order chi connectivity index (χ0) is 24.1. The summed E-state index contributed by atoms with van der Waals surface area (Å²) in [4.78, 5) is 40.0. The molecular formula is C25H26N2O6S. The van der Waals surface area contributed by atoms with Gasteiger partial charge in [-0.2, -0.15) is 0 Å². The van der Waals surface area contributed by atoms with Gasteiger partial charge >= 0.3 is 5.97 Å². The van der Waals surface area contributed by atoms with E-state index in [-0.39, 0.29) is 36.8 Å². The summed E-state index contributed by atoms with van der Waals surface area (Å²) in [7, 11) is 3.11. The van der Waals surface area contributed by atoms with Crippen LogP contribution in [0.25, 0.3) is 0 Å². The second-order valence-corrected chi connectivity index (χ2v) is 8.95. The van der Waals surface area contributed by atoms with E-state index in [1.165, 1.54) is 23.8 Å². The molecule has 0 spiro atoms. The molecule has 178 valence electrons. The maximum atomic E-state index is 13.1. The molecule has 34 heavy (non-hydrogen) atoms. The Balaban J connectivity index is 1.41. The van der Waals surface area contributed by atoms with Gasteiger partial charge in [-0.25, -0.2) is 4.79 Å². The first-order valence-electron chi connectivity index (χ1n) is 10.8. The number of thioether (sulfide) groups is 1. The minimum Gasteiger partial charge on any atom is -0.497 e. The summed E-state index contributed by atoms with van der Waals surface area (Å²) in [5.74, 6) is -0.381. The van der Waals surface area contributed by atoms with Crippen molar-refractivity contribution in [3.05, 3.63) is 76.7 Å². The third-order valence-electron chi connectivity index (χ3n) is 5.67. The molecule has 0 saturated carbocycles. The van der Waals surface area contributed by atoms with Gasteiger partial charge in [-0.3, -0.25) is 9.59 Å². The van der Waals surface area contributed by atoms with Crippen LogP contribution in [0.4, 0.5) is 0 Å². The molecule has 2 aromatic carbocycles. The lowest BCUT2D eigenvalue weighted by molar-refractivity contribution is -0.164. The molecule has 0 radical (unpaired) electrons. The Morgan fingerprint density at radius 3 is 2.41 bits per heavy atom. The summed E-state index contributed by atoms with van der Waals surface area (Å²) in [6.45, 7) is 0.257. The lowest BCUT2D eigenvalue weighted by Gasteiger charge is -2.51. The summed E-state index contributed by atoms with van der Waals surface area (Å²) >= 11 is 1.39. The minimum absolute atomic E-state index is 0.0661. The molecule has 3 atom stereocenters. The van der Waals surface area contributed by atoms with E-state index in [0.29, 0.717) is 11.3 Å². The number of carbonyl (C=O) groups is 3. The number of hydrogen-bond donors (Lipinski definition) is 1. The number of amides is 2. The van der Waals surface area contributed by atoms with Gasteiger partial charge in [0.05, 0.1) is 20.1 Å². The molecule has 1 saturated heterocycles. The number of carbonyl (C=O) groups excluding carboxylic acids is 3. The van der Waals surface area contributed by atoms with E-state index >= 15 is 0 Å².